The van der Waals surface area contributed by atoms with Gasteiger partial charge in [0.15, 0.2) is 0 Å². The number of rotatable bonds is 7. The van der Waals surface area contributed by atoms with Crippen molar-refractivity contribution >= 4 is 11.8 Å². The van der Waals surface area contributed by atoms with E-state index in [1.165, 1.54) is 24.8 Å². The highest BCUT2D eigenvalue weighted by molar-refractivity contribution is 5.99. The van der Waals surface area contributed by atoms with Crippen LogP contribution in [0.5, 0.6) is 0 Å². The molecular weight excluding hydrogens is 370 g/mol. The molecule has 1 aromatic rings. The number of hydrogen-bond donors (Lipinski definition) is 2. The van der Waals surface area contributed by atoms with Crippen molar-refractivity contribution in [2.45, 2.75) is 82.9 Å². The van der Waals surface area contributed by atoms with Gasteiger partial charge in [-0.25, -0.2) is 0 Å². The van der Waals surface area contributed by atoms with Crippen LogP contribution in [0.15, 0.2) is 23.1 Å². The topological polar surface area (TPSA) is 91.5 Å². The first-order chi connectivity index (χ1) is 13.9. The molecule has 29 heavy (non-hydrogen) atoms. The van der Waals surface area contributed by atoms with E-state index in [1.807, 2.05) is 13.8 Å². The quantitative estimate of drug-likeness (QED) is 0.732. The number of nitrogens with one attached hydrogen (secondary N) is 2. The highest BCUT2D eigenvalue weighted by Gasteiger charge is 2.43. The van der Waals surface area contributed by atoms with E-state index in [0.29, 0.717) is 25.1 Å². The van der Waals surface area contributed by atoms with Crippen molar-refractivity contribution in [1.82, 2.24) is 15.2 Å². The number of aromatic nitrogens is 1. The van der Waals surface area contributed by atoms with Crippen LogP contribution in [0.25, 0.3) is 0 Å². The van der Waals surface area contributed by atoms with Gasteiger partial charge in [0.2, 0.25) is 11.5 Å². The molecule has 7 heteroatoms. The predicted molar refractivity (Wildman–Crippen MR) is 111 cm³/mol. The summed E-state index contributed by atoms with van der Waals surface area (Å²) in [7, 11) is 0. The van der Waals surface area contributed by atoms with Crippen molar-refractivity contribution in [1.29, 1.82) is 0 Å². The number of amides is 2. The Morgan fingerprint density at radius 2 is 1.97 bits per heavy atom. The van der Waals surface area contributed by atoms with E-state index >= 15 is 0 Å². The molecule has 160 valence electrons. The smallest absolute Gasteiger partial charge is 0.256 e. The maximum absolute atomic E-state index is 13.4. The van der Waals surface area contributed by atoms with E-state index < -0.39 is 5.54 Å². The van der Waals surface area contributed by atoms with Crippen LogP contribution in [0.4, 0.5) is 0 Å². The Labute approximate surface area is 172 Å². The molecular formula is C22H33N3O4. The molecule has 0 unspecified atom stereocenters. The monoisotopic (exact) mass is 403 g/mol. The van der Waals surface area contributed by atoms with E-state index in [0.717, 1.165) is 38.5 Å². The van der Waals surface area contributed by atoms with E-state index in [4.69, 9.17) is 4.74 Å². The van der Waals surface area contributed by atoms with Gasteiger partial charge in [-0.2, -0.15) is 0 Å². The van der Waals surface area contributed by atoms with Gasteiger partial charge in [-0.15, -0.1) is 0 Å². The highest BCUT2D eigenvalue weighted by atomic mass is 16.5. The molecule has 1 aliphatic carbocycles. The lowest BCUT2D eigenvalue weighted by molar-refractivity contribution is -0.133. The third kappa shape index (κ3) is 5.07. The first-order valence-electron chi connectivity index (χ1n) is 10.9. The zero-order chi connectivity index (χ0) is 20.9. The molecule has 2 N–H and O–H groups in total. The first kappa shape index (κ1) is 21.6. The number of nitrogens with zero attached hydrogens (tertiary/aromatic N) is 1. The van der Waals surface area contributed by atoms with Crippen LogP contribution >= 0.6 is 0 Å². The molecule has 2 atom stereocenters. The SMILES string of the molecule is CC[C@](C)(C(=O)NC1CCCCC1)N(C[C@H]1CCCO1)C(=O)c1ccc(=O)[nH]c1. The van der Waals surface area contributed by atoms with Crippen molar-refractivity contribution in [3.63, 3.8) is 0 Å². The van der Waals surface area contributed by atoms with Crippen LogP contribution in [-0.4, -0.2) is 52.5 Å². The van der Waals surface area contributed by atoms with Crippen molar-refractivity contribution in [3.8, 4) is 0 Å². The van der Waals surface area contributed by atoms with Crippen LogP contribution < -0.4 is 10.9 Å². The zero-order valence-electron chi connectivity index (χ0n) is 17.5. The molecule has 0 aromatic carbocycles. The third-order valence-corrected chi connectivity index (χ3v) is 6.40. The third-order valence-electron chi connectivity index (χ3n) is 6.40. The van der Waals surface area contributed by atoms with E-state index in [1.54, 1.807) is 4.90 Å². The van der Waals surface area contributed by atoms with Gasteiger partial charge in [0.05, 0.1) is 11.7 Å². The van der Waals surface area contributed by atoms with Crippen LogP contribution in [0, 0.1) is 0 Å². The molecule has 0 bridgehead atoms. The van der Waals surface area contributed by atoms with Gasteiger partial charge in [-0.3, -0.25) is 14.4 Å². The number of carbonyl (C=O) groups is 2. The maximum atomic E-state index is 13.4. The molecule has 1 saturated heterocycles. The average molecular weight is 404 g/mol. The number of ether oxygens (including phenoxy) is 1. The summed E-state index contributed by atoms with van der Waals surface area (Å²) in [6.07, 6.45) is 9.13. The van der Waals surface area contributed by atoms with Crippen LogP contribution in [0.1, 0.15) is 75.6 Å². The molecule has 1 aliphatic heterocycles. The summed E-state index contributed by atoms with van der Waals surface area (Å²) in [6.45, 7) is 4.82. The number of carbonyl (C=O) groups excluding carboxylic acids is 2. The second-order valence-electron chi connectivity index (χ2n) is 8.43. The molecule has 1 saturated carbocycles. The predicted octanol–water partition coefficient (Wildman–Crippen LogP) is 2.61. The summed E-state index contributed by atoms with van der Waals surface area (Å²) in [4.78, 5) is 42.4. The number of pyridine rings is 1. The van der Waals surface area contributed by atoms with Gasteiger partial charge < -0.3 is 19.9 Å². The van der Waals surface area contributed by atoms with E-state index in [-0.39, 0.29) is 29.5 Å². The number of H-pyrrole nitrogens is 1. The maximum Gasteiger partial charge on any atom is 0.256 e. The Kier molecular flexibility index (Phi) is 7.11. The van der Waals surface area contributed by atoms with Crippen LogP contribution in [0.3, 0.4) is 0 Å². The second-order valence-corrected chi connectivity index (χ2v) is 8.43. The molecule has 3 rings (SSSR count). The Morgan fingerprint density at radius 3 is 2.55 bits per heavy atom. The molecule has 1 aromatic heterocycles. The van der Waals surface area contributed by atoms with E-state index in [2.05, 4.69) is 10.3 Å². The first-order valence-corrected chi connectivity index (χ1v) is 10.9. The van der Waals surface area contributed by atoms with Crippen molar-refractivity contribution in [2.24, 2.45) is 0 Å². The standard InChI is InChI=1S/C22H33N3O4/c1-3-22(2,21(28)24-17-8-5-4-6-9-17)25(15-18-10-7-13-29-18)20(27)16-11-12-19(26)23-14-16/h11-12,14,17-18H,3-10,13,15H2,1-2H3,(H,23,26)(H,24,28)/t18-,22-/m1/s1. The summed E-state index contributed by atoms with van der Waals surface area (Å²) in [5.74, 6) is -0.373. The fourth-order valence-electron chi connectivity index (χ4n) is 4.26. The second kappa shape index (κ2) is 9.57. The van der Waals surface area contributed by atoms with Gasteiger partial charge in [0.1, 0.15) is 5.54 Å². The van der Waals surface area contributed by atoms with Gasteiger partial charge in [0.25, 0.3) is 5.91 Å². The zero-order valence-corrected chi connectivity index (χ0v) is 17.5. The van der Waals surface area contributed by atoms with Crippen molar-refractivity contribution in [3.05, 3.63) is 34.2 Å². The fourth-order valence-corrected chi connectivity index (χ4v) is 4.26. The minimum atomic E-state index is -0.989. The van der Waals surface area contributed by atoms with Gasteiger partial charge in [0, 0.05) is 31.5 Å². The summed E-state index contributed by atoms with van der Waals surface area (Å²) < 4.78 is 5.77. The minimum Gasteiger partial charge on any atom is -0.376 e. The van der Waals surface area contributed by atoms with Gasteiger partial charge >= 0.3 is 0 Å². The number of hydrogen-bond acceptors (Lipinski definition) is 4. The van der Waals surface area contributed by atoms with Crippen LogP contribution in [-0.2, 0) is 9.53 Å². The minimum absolute atomic E-state index is 0.0740. The highest BCUT2D eigenvalue weighted by Crippen LogP contribution is 2.27. The summed E-state index contributed by atoms with van der Waals surface area (Å²) in [5, 5.41) is 3.20. The Hall–Kier alpha value is -2.15. The lowest BCUT2D eigenvalue weighted by atomic mass is 9.90. The van der Waals surface area contributed by atoms with Gasteiger partial charge in [-0.05, 0) is 45.1 Å². The van der Waals surface area contributed by atoms with Crippen LogP contribution in [0.2, 0.25) is 0 Å². The lowest BCUT2D eigenvalue weighted by Gasteiger charge is -2.41. The normalized spacial score (nSPS) is 22.1. The number of aromatic amines is 1. The molecule has 2 fully saturated rings. The van der Waals surface area contributed by atoms with E-state index in [9.17, 15) is 14.4 Å². The summed E-state index contributed by atoms with van der Waals surface area (Å²) in [6, 6.07) is 3.02. The Bertz CT molecular complexity index is 745. The van der Waals surface area contributed by atoms with Crippen molar-refractivity contribution < 1.29 is 14.3 Å². The molecule has 2 amide bonds. The molecule has 2 heterocycles. The van der Waals surface area contributed by atoms with Crippen molar-refractivity contribution in [2.75, 3.05) is 13.2 Å². The molecule has 7 nitrogen and oxygen atoms in total. The van der Waals surface area contributed by atoms with Gasteiger partial charge in [-0.1, -0.05) is 26.2 Å². The summed E-state index contributed by atoms with van der Waals surface area (Å²) >= 11 is 0. The summed E-state index contributed by atoms with van der Waals surface area (Å²) in [5.41, 5.74) is -0.885. The Balaban J connectivity index is 1.85. The largest absolute Gasteiger partial charge is 0.376 e. The fraction of sp³-hybridized carbons (Fsp3) is 0.682. The average Bonchev–Trinajstić information content (AvgIpc) is 3.25. The molecule has 0 spiro atoms. The molecule has 0 radical (unpaired) electrons. The molecule has 2 aliphatic rings. The lowest BCUT2D eigenvalue weighted by Crippen LogP contribution is -2.61. The Morgan fingerprint density at radius 1 is 1.21 bits per heavy atom.